The number of likely N-dealkylation sites (N-methyl/N-ethyl adjacent to an activating group) is 1. The van der Waals surface area contributed by atoms with E-state index in [1.165, 1.54) is 12.1 Å². The molecule has 0 aromatic carbocycles. The van der Waals surface area contributed by atoms with Crippen molar-refractivity contribution in [3.05, 3.63) is 44.2 Å². The third-order valence-electron chi connectivity index (χ3n) is 4.22. The minimum Gasteiger partial charge on any atom is -0.332 e. The summed E-state index contributed by atoms with van der Waals surface area (Å²) in [4.78, 5) is 59.6. The Balaban J connectivity index is 1.70. The van der Waals surface area contributed by atoms with Gasteiger partial charge in [0.15, 0.2) is 0 Å². The van der Waals surface area contributed by atoms with E-state index in [1.54, 1.807) is 13.8 Å². The summed E-state index contributed by atoms with van der Waals surface area (Å²) in [6, 6.07) is 1.69. The van der Waals surface area contributed by atoms with Gasteiger partial charge in [0.25, 0.3) is 11.1 Å². The van der Waals surface area contributed by atoms with Gasteiger partial charge in [0.05, 0.1) is 40.3 Å². The number of nitrogens with one attached hydrogen (secondary N) is 6. The summed E-state index contributed by atoms with van der Waals surface area (Å²) in [7, 11) is 3.91. The van der Waals surface area contributed by atoms with Gasteiger partial charge >= 0.3 is 12.1 Å². The number of quaternary nitrogens is 1. The van der Waals surface area contributed by atoms with Crippen molar-refractivity contribution in [3.8, 4) is 0 Å². The van der Waals surface area contributed by atoms with Crippen molar-refractivity contribution in [2.45, 2.75) is 13.8 Å². The number of aromatic amines is 2. The van der Waals surface area contributed by atoms with Crippen LogP contribution in [0.5, 0.6) is 0 Å². The number of carbonyl (C=O) groups is 2. The number of aryl methyl sites for hydroxylation is 2. The van der Waals surface area contributed by atoms with E-state index in [9.17, 15) is 19.2 Å². The summed E-state index contributed by atoms with van der Waals surface area (Å²) in [5, 5.41) is 10.4. The smallest absolute Gasteiger partial charge is 0.321 e. The average Bonchev–Trinajstić information content (AvgIpc) is 2.59. The molecule has 2 aromatic heterocycles. The van der Waals surface area contributed by atoms with E-state index in [2.05, 4.69) is 41.2 Å². The second-order valence-corrected chi connectivity index (χ2v) is 7.65. The van der Waals surface area contributed by atoms with E-state index in [-0.39, 0.29) is 11.9 Å². The Morgan fingerprint density at radius 2 is 1.23 bits per heavy atom. The van der Waals surface area contributed by atoms with Gasteiger partial charge in [0.2, 0.25) is 11.9 Å². The number of aromatic nitrogens is 4. The van der Waals surface area contributed by atoms with E-state index in [0.717, 1.165) is 0 Å². The number of carbonyl (C=O) groups excluding carboxylic acids is 2. The Morgan fingerprint density at radius 1 is 0.839 bits per heavy atom. The molecule has 31 heavy (non-hydrogen) atoms. The van der Waals surface area contributed by atoms with Gasteiger partial charge in [-0.1, -0.05) is 0 Å². The lowest BCUT2D eigenvalue weighted by molar-refractivity contribution is -0.887. The quantitative estimate of drug-likeness (QED) is 0.305. The Bertz CT molecular complexity index is 963. The monoisotopic (exact) mass is 434 g/mol. The maximum absolute atomic E-state index is 12.0. The van der Waals surface area contributed by atoms with Crippen molar-refractivity contribution in [3.63, 3.8) is 0 Å². The Morgan fingerprint density at radius 3 is 1.58 bits per heavy atom. The van der Waals surface area contributed by atoms with Gasteiger partial charge in [-0.2, -0.15) is 9.97 Å². The predicted octanol–water partition coefficient (Wildman–Crippen LogP) is -0.510. The molecule has 0 bridgehead atoms. The SMILES string of the molecule is Cc1cc(=O)nc(NC(=O)NCC[N+](C)(C)CCNC(=O)Nc2nc(=O)cc(C)[nH]2)[nH]1. The fraction of sp³-hybridized carbons (Fsp3) is 0.444. The summed E-state index contributed by atoms with van der Waals surface area (Å²) in [6.07, 6.45) is 0. The molecule has 168 valence electrons. The van der Waals surface area contributed by atoms with Gasteiger partial charge in [0, 0.05) is 23.5 Å². The van der Waals surface area contributed by atoms with Crippen LogP contribution >= 0.6 is 0 Å². The predicted molar refractivity (Wildman–Crippen MR) is 115 cm³/mol. The van der Waals surface area contributed by atoms with Gasteiger partial charge < -0.3 is 25.1 Å². The van der Waals surface area contributed by atoms with Crippen LogP contribution in [0.2, 0.25) is 0 Å². The lowest BCUT2D eigenvalue weighted by atomic mass is 10.4. The Hall–Kier alpha value is -3.74. The molecule has 0 aliphatic heterocycles. The molecule has 0 aliphatic carbocycles. The second-order valence-electron chi connectivity index (χ2n) is 7.65. The third-order valence-corrected chi connectivity index (χ3v) is 4.22. The first kappa shape index (κ1) is 23.5. The van der Waals surface area contributed by atoms with Crippen LogP contribution in [0.4, 0.5) is 21.5 Å². The molecule has 2 heterocycles. The summed E-state index contributed by atoms with van der Waals surface area (Å²) in [6.45, 7) is 5.32. The molecule has 13 heteroatoms. The number of amides is 4. The Labute approximate surface area is 178 Å². The maximum Gasteiger partial charge on any atom is 0.321 e. The molecular formula is C18H28N9O4+. The van der Waals surface area contributed by atoms with Crippen LogP contribution in [0.1, 0.15) is 11.4 Å². The molecule has 13 nitrogen and oxygen atoms in total. The number of H-pyrrole nitrogens is 2. The molecule has 0 unspecified atom stereocenters. The fourth-order valence-electron chi connectivity index (χ4n) is 2.63. The molecule has 0 saturated carbocycles. The lowest BCUT2D eigenvalue weighted by Gasteiger charge is -2.29. The van der Waals surface area contributed by atoms with Crippen LogP contribution in [0.15, 0.2) is 21.7 Å². The van der Waals surface area contributed by atoms with Crippen LogP contribution < -0.4 is 32.4 Å². The molecule has 4 amide bonds. The molecule has 0 saturated heterocycles. The van der Waals surface area contributed by atoms with Gasteiger partial charge in [-0.15, -0.1) is 0 Å². The van der Waals surface area contributed by atoms with Crippen molar-refractivity contribution >= 4 is 24.0 Å². The minimum atomic E-state index is -0.481. The normalized spacial score (nSPS) is 11.0. The maximum atomic E-state index is 12.0. The first-order valence-corrected chi connectivity index (χ1v) is 9.60. The molecule has 0 fully saturated rings. The highest BCUT2D eigenvalue weighted by Crippen LogP contribution is 1.98. The zero-order valence-corrected chi connectivity index (χ0v) is 18.0. The molecular weight excluding hydrogens is 406 g/mol. The van der Waals surface area contributed by atoms with Crippen LogP contribution in [-0.2, 0) is 0 Å². The van der Waals surface area contributed by atoms with Gasteiger partial charge in [-0.25, -0.2) is 9.59 Å². The van der Waals surface area contributed by atoms with E-state index < -0.39 is 23.2 Å². The topological polar surface area (TPSA) is 174 Å². The van der Waals surface area contributed by atoms with Crippen molar-refractivity contribution in [1.29, 1.82) is 0 Å². The average molecular weight is 434 g/mol. The number of nitrogens with zero attached hydrogens (tertiary/aromatic N) is 3. The Kier molecular flexibility index (Phi) is 7.85. The molecule has 0 atom stereocenters. The lowest BCUT2D eigenvalue weighted by Crippen LogP contribution is -2.50. The van der Waals surface area contributed by atoms with Gasteiger partial charge in [-0.3, -0.25) is 20.2 Å². The van der Waals surface area contributed by atoms with E-state index >= 15 is 0 Å². The molecule has 0 aliphatic rings. The highest BCUT2D eigenvalue weighted by Gasteiger charge is 2.16. The summed E-state index contributed by atoms with van der Waals surface area (Å²) in [5.74, 6) is 0.159. The van der Waals surface area contributed by atoms with Crippen LogP contribution in [0.3, 0.4) is 0 Å². The van der Waals surface area contributed by atoms with Crippen molar-refractivity contribution in [2.24, 2.45) is 0 Å². The number of hydrogen-bond acceptors (Lipinski definition) is 6. The van der Waals surface area contributed by atoms with Crippen LogP contribution in [0.25, 0.3) is 0 Å². The first-order chi connectivity index (χ1) is 14.5. The highest BCUT2D eigenvalue weighted by molar-refractivity contribution is 5.87. The highest BCUT2D eigenvalue weighted by atomic mass is 16.2. The fourth-order valence-corrected chi connectivity index (χ4v) is 2.63. The first-order valence-electron chi connectivity index (χ1n) is 9.60. The van der Waals surface area contributed by atoms with Gasteiger partial charge in [0.1, 0.15) is 0 Å². The van der Waals surface area contributed by atoms with Crippen molar-refractivity contribution < 1.29 is 14.1 Å². The molecule has 2 rings (SSSR count). The standard InChI is InChI=1S/C18H27N9O4/c1-11-9-13(28)23-15(21-11)25-17(30)19-5-7-27(3,4)8-6-20-18(31)26-16-22-12(2)10-14(29)24-16/h9-10H,5-8H2,1-4H3,(H5-,19,20,21,22,23,24,25,26,28,29,30,31)/p+1. The number of hydrogen-bond donors (Lipinski definition) is 6. The molecule has 0 spiro atoms. The molecule has 0 radical (unpaired) electrons. The van der Waals surface area contributed by atoms with E-state index in [4.69, 9.17) is 0 Å². The summed E-state index contributed by atoms with van der Waals surface area (Å²) in [5.41, 5.74) is 0.305. The van der Waals surface area contributed by atoms with Crippen molar-refractivity contribution in [1.82, 2.24) is 30.6 Å². The largest absolute Gasteiger partial charge is 0.332 e. The van der Waals surface area contributed by atoms with Crippen LogP contribution in [0, 0.1) is 13.8 Å². The number of anilines is 2. The zero-order valence-electron chi connectivity index (χ0n) is 18.0. The minimum absolute atomic E-state index is 0.0795. The third kappa shape index (κ3) is 8.65. The van der Waals surface area contributed by atoms with Crippen molar-refractivity contribution in [2.75, 3.05) is 50.9 Å². The van der Waals surface area contributed by atoms with E-state index in [1.807, 2.05) is 14.1 Å². The summed E-state index contributed by atoms with van der Waals surface area (Å²) >= 11 is 0. The molecule has 2 aromatic rings. The second kappa shape index (κ2) is 10.3. The number of urea groups is 2. The zero-order chi connectivity index (χ0) is 23.0. The van der Waals surface area contributed by atoms with Gasteiger partial charge in [-0.05, 0) is 13.8 Å². The van der Waals surface area contributed by atoms with E-state index in [0.29, 0.717) is 42.0 Å². The summed E-state index contributed by atoms with van der Waals surface area (Å²) < 4.78 is 0.527. The van der Waals surface area contributed by atoms with Crippen LogP contribution in [-0.4, -0.2) is 76.8 Å². The number of rotatable bonds is 8. The molecule has 6 N–H and O–H groups in total.